The van der Waals surface area contributed by atoms with Gasteiger partial charge in [0.25, 0.3) is 5.91 Å². The predicted octanol–water partition coefficient (Wildman–Crippen LogP) is 1.72. The molecule has 0 fully saturated rings. The lowest BCUT2D eigenvalue weighted by atomic mass is 10.2. The molecule has 0 aliphatic heterocycles. The smallest absolute Gasteiger partial charge is 0.251 e. The number of anilines is 1. The summed E-state index contributed by atoms with van der Waals surface area (Å²) in [4.78, 5) is 13.3. The zero-order chi connectivity index (χ0) is 8.97. The first-order valence-electron chi connectivity index (χ1n) is 3.19. The summed E-state index contributed by atoms with van der Waals surface area (Å²) in [7, 11) is 0. The first kappa shape index (κ1) is 8.10. The Morgan fingerprint density at radius 2 is 2.17 bits per heavy atom. The van der Waals surface area contributed by atoms with Crippen molar-refractivity contribution in [3.63, 3.8) is 0 Å². The lowest BCUT2D eigenvalue weighted by Crippen LogP contribution is -1.99. The molecule has 0 radical (unpaired) electrons. The van der Waals surface area contributed by atoms with Gasteiger partial charge in [-0.2, -0.15) is 0 Å². The van der Waals surface area contributed by atoms with Crippen molar-refractivity contribution in [2.45, 2.75) is 0 Å². The van der Waals surface area contributed by atoms with Crippen LogP contribution in [-0.2, 0) is 0 Å². The molecular weight excluding hydrogens is 156 g/mol. The Morgan fingerprint density at radius 3 is 2.75 bits per heavy atom. The highest BCUT2D eigenvalue weighted by Gasteiger charge is 2.04. The molecule has 0 saturated heterocycles. The average molecular weight is 162 g/mol. The fraction of sp³-hybridized carbons (Fsp3) is 0. The van der Waals surface area contributed by atoms with E-state index < -0.39 is 5.91 Å². The summed E-state index contributed by atoms with van der Waals surface area (Å²) >= 11 is 0. The van der Waals surface area contributed by atoms with E-state index in [0.29, 0.717) is 5.69 Å². The van der Waals surface area contributed by atoms with Gasteiger partial charge in [0.1, 0.15) is 0 Å². The molecule has 0 spiro atoms. The third-order valence-electron chi connectivity index (χ3n) is 1.33. The van der Waals surface area contributed by atoms with Gasteiger partial charge in [-0.1, -0.05) is 12.1 Å². The van der Waals surface area contributed by atoms with Crippen LogP contribution >= 0.6 is 0 Å². The van der Waals surface area contributed by atoms with E-state index in [-0.39, 0.29) is 5.56 Å². The van der Waals surface area contributed by atoms with Gasteiger partial charge in [-0.15, -0.1) is 0 Å². The normalized spacial score (nSPS) is 8.67. The molecular formula is C7H6N4O. The van der Waals surface area contributed by atoms with Crippen molar-refractivity contribution in [2.24, 2.45) is 5.11 Å². The molecule has 5 heteroatoms. The van der Waals surface area contributed by atoms with Crippen molar-refractivity contribution in [3.8, 4) is 0 Å². The summed E-state index contributed by atoms with van der Waals surface area (Å²) in [5, 5.41) is 2.92. The topological polar surface area (TPSA) is 91.9 Å². The second-order valence-electron chi connectivity index (χ2n) is 2.08. The zero-order valence-electron chi connectivity index (χ0n) is 6.14. The van der Waals surface area contributed by atoms with Crippen LogP contribution in [0.4, 0.5) is 5.69 Å². The van der Waals surface area contributed by atoms with Crippen LogP contribution in [-0.4, -0.2) is 5.91 Å². The molecule has 2 N–H and O–H groups in total. The number of carbonyl (C=O) groups is 1. The molecule has 12 heavy (non-hydrogen) atoms. The van der Waals surface area contributed by atoms with E-state index in [0.717, 1.165) is 0 Å². The van der Waals surface area contributed by atoms with E-state index in [1.165, 1.54) is 6.07 Å². The highest BCUT2D eigenvalue weighted by molar-refractivity contribution is 5.99. The maximum absolute atomic E-state index is 11.0. The Bertz CT molecular complexity index is 354. The van der Waals surface area contributed by atoms with Gasteiger partial charge in [-0.3, -0.25) is 4.79 Å². The van der Waals surface area contributed by atoms with Crippen molar-refractivity contribution in [2.75, 3.05) is 5.73 Å². The maximum atomic E-state index is 11.0. The van der Waals surface area contributed by atoms with Crippen molar-refractivity contribution < 1.29 is 4.79 Å². The van der Waals surface area contributed by atoms with Crippen molar-refractivity contribution in [1.29, 1.82) is 0 Å². The lowest BCUT2D eigenvalue weighted by Gasteiger charge is -1.97. The summed E-state index contributed by atoms with van der Waals surface area (Å²) in [6.45, 7) is 0. The van der Waals surface area contributed by atoms with Gasteiger partial charge in [0.05, 0.1) is 0 Å². The number of nitrogen functional groups attached to an aromatic ring is 1. The third kappa shape index (κ3) is 1.53. The molecule has 1 aromatic carbocycles. The number of para-hydroxylation sites is 1. The van der Waals surface area contributed by atoms with Crippen molar-refractivity contribution in [3.05, 3.63) is 40.3 Å². The van der Waals surface area contributed by atoms with Gasteiger partial charge in [-0.25, -0.2) is 0 Å². The summed E-state index contributed by atoms with van der Waals surface area (Å²) in [5.74, 6) is -0.657. The fourth-order valence-corrected chi connectivity index (χ4v) is 0.786. The number of carbonyl (C=O) groups excluding carboxylic acids is 1. The van der Waals surface area contributed by atoms with Gasteiger partial charge in [-0.05, 0) is 22.8 Å². The first-order valence-corrected chi connectivity index (χ1v) is 3.19. The number of nitrogens with two attached hydrogens (primary N) is 1. The maximum Gasteiger partial charge on any atom is 0.251 e. The van der Waals surface area contributed by atoms with Gasteiger partial charge in [0.15, 0.2) is 0 Å². The second kappa shape index (κ2) is 3.41. The zero-order valence-corrected chi connectivity index (χ0v) is 6.14. The van der Waals surface area contributed by atoms with E-state index in [1.807, 2.05) is 0 Å². The van der Waals surface area contributed by atoms with Crippen molar-refractivity contribution >= 4 is 11.6 Å². The number of nitrogens with zero attached hydrogens (tertiary/aromatic N) is 3. The predicted molar refractivity (Wildman–Crippen MR) is 44.3 cm³/mol. The molecule has 0 saturated carbocycles. The molecule has 0 aliphatic rings. The molecule has 0 heterocycles. The minimum atomic E-state index is -0.657. The number of hydrogen-bond donors (Lipinski definition) is 1. The molecule has 0 bridgehead atoms. The van der Waals surface area contributed by atoms with Gasteiger partial charge < -0.3 is 5.73 Å². The minimum absolute atomic E-state index is 0.232. The number of rotatable bonds is 1. The van der Waals surface area contributed by atoms with Crippen LogP contribution in [0.2, 0.25) is 0 Å². The van der Waals surface area contributed by atoms with E-state index in [1.54, 1.807) is 18.2 Å². The first-order chi connectivity index (χ1) is 5.75. The second-order valence-corrected chi connectivity index (χ2v) is 2.08. The molecule has 60 valence electrons. The van der Waals surface area contributed by atoms with Gasteiger partial charge >= 0.3 is 0 Å². The molecule has 0 aromatic heterocycles. The molecule has 5 nitrogen and oxygen atoms in total. The van der Waals surface area contributed by atoms with Gasteiger partial charge in [0, 0.05) is 16.2 Å². The Labute approximate surface area is 68.4 Å². The summed E-state index contributed by atoms with van der Waals surface area (Å²) in [6.07, 6.45) is 0. The van der Waals surface area contributed by atoms with Crippen LogP contribution in [0.1, 0.15) is 10.4 Å². The van der Waals surface area contributed by atoms with Gasteiger partial charge in [0.2, 0.25) is 0 Å². The molecule has 1 amide bonds. The third-order valence-corrected chi connectivity index (χ3v) is 1.33. The Hall–Kier alpha value is -2.00. The minimum Gasteiger partial charge on any atom is -0.398 e. The Morgan fingerprint density at radius 1 is 1.50 bits per heavy atom. The van der Waals surface area contributed by atoms with E-state index in [9.17, 15) is 4.79 Å². The molecule has 0 aliphatic carbocycles. The number of azide groups is 1. The highest BCUT2D eigenvalue weighted by Crippen LogP contribution is 2.11. The molecule has 0 unspecified atom stereocenters. The largest absolute Gasteiger partial charge is 0.398 e. The van der Waals surface area contributed by atoms with Crippen molar-refractivity contribution in [1.82, 2.24) is 0 Å². The summed E-state index contributed by atoms with van der Waals surface area (Å²) in [5.41, 5.74) is 14.0. The number of benzene rings is 1. The summed E-state index contributed by atoms with van der Waals surface area (Å²) < 4.78 is 0. The summed E-state index contributed by atoms with van der Waals surface area (Å²) in [6, 6.07) is 6.42. The molecule has 1 aromatic rings. The highest BCUT2D eigenvalue weighted by atomic mass is 16.1. The van der Waals surface area contributed by atoms with Crippen LogP contribution in [0.15, 0.2) is 29.4 Å². The van der Waals surface area contributed by atoms with Crippen LogP contribution in [0.3, 0.4) is 0 Å². The Balaban J connectivity index is 3.11. The average Bonchev–Trinajstić information content (AvgIpc) is 2.05. The molecule has 0 atom stereocenters. The van der Waals surface area contributed by atoms with E-state index >= 15 is 0 Å². The fourth-order valence-electron chi connectivity index (χ4n) is 0.786. The van der Waals surface area contributed by atoms with Crippen LogP contribution in [0.25, 0.3) is 10.4 Å². The van der Waals surface area contributed by atoms with E-state index in [2.05, 4.69) is 10.0 Å². The monoisotopic (exact) mass is 162 g/mol. The quantitative estimate of drug-likeness (QED) is 0.294. The standard InChI is InChI=1S/C7H6N4O/c8-6-4-2-1-3-5(6)7(12)10-11-9/h1-4H,8H2. The van der Waals surface area contributed by atoms with Crippen LogP contribution in [0.5, 0.6) is 0 Å². The SMILES string of the molecule is [N-]=[N+]=NC(=O)c1ccccc1N. The molecule has 1 rings (SSSR count). The number of amides is 1. The van der Waals surface area contributed by atoms with E-state index in [4.69, 9.17) is 11.3 Å². The lowest BCUT2D eigenvalue weighted by molar-refractivity contribution is 0.100. The number of hydrogen-bond acceptors (Lipinski definition) is 2. The Kier molecular flexibility index (Phi) is 2.30. The van der Waals surface area contributed by atoms with Crippen LogP contribution in [0, 0.1) is 0 Å². The van der Waals surface area contributed by atoms with Crippen LogP contribution < -0.4 is 5.73 Å².